The zero-order valence-corrected chi connectivity index (χ0v) is 9.89. The third kappa shape index (κ3) is 1.76. The Morgan fingerprint density at radius 2 is 2.18 bits per heavy atom. The molecule has 0 saturated heterocycles. The molecular formula is C12H9ClN4. The van der Waals surface area contributed by atoms with Crippen molar-refractivity contribution in [1.29, 1.82) is 0 Å². The lowest BCUT2D eigenvalue weighted by Crippen LogP contribution is -1.88. The van der Waals surface area contributed by atoms with E-state index < -0.39 is 0 Å². The van der Waals surface area contributed by atoms with Crippen LogP contribution in [-0.2, 0) is 0 Å². The van der Waals surface area contributed by atoms with Crippen molar-refractivity contribution >= 4 is 17.2 Å². The lowest BCUT2D eigenvalue weighted by molar-refractivity contribution is 0.964. The average molecular weight is 245 g/mol. The molecule has 0 atom stereocenters. The summed E-state index contributed by atoms with van der Waals surface area (Å²) in [5, 5.41) is 5.04. The molecule has 3 aromatic heterocycles. The molecule has 4 nitrogen and oxygen atoms in total. The quantitative estimate of drug-likeness (QED) is 0.661. The molecule has 0 spiro atoms. The summed E-state index contributed by atoms with van der Waals surface area (Å²) in [5.41, 5.74) is 2.77. The van der Waals surface area contributed by atoms with Gasteiger partial charge in [-0.25, -0.2) is 9.50 Å². The first-order valence-corrected chi connectivity index (χ1v) is 5.55. The standard InChI is InChI=1S/C12H9ClN4/c1-8-2-4-14-7-10(8)12-15-11-6-9(13)3-5-17(11)16-12/h2-7H,1H3. The second-order valence-electron chi connectivity index (χ2n) is 3.77. The summed E-state index contributed by atoms with van der Waals surface area (Å²) < 4.78 is 1.70. The van der Waals surface area contributed by atoms with Crippen LogP contribution in [0.4, 0.5) is 0 Å². The van der Waals surface area contributed by atoms with Crippen molar-refractivity contribution in [2.75, 3.05) is 0 Å². The molecule has 0 aliphatic rings. The van der Waals surface area contributed by atoms with Crippen LogP contribution < -0.4 is 0 Å². The molecule has 3 aromatic rings. The van der Waals surface area contributed by atoms with E-state index in [1.165, 1.54) is 0 Å². The number of halogens is 1. The Morgan fingerprint density at radius 1 is 1.29 bits per heavy atom. The average Bonchev–Trinajstić information content (AvgIpc) is 2.72. The number of nitrogens with zero attached hydrogens (tertiary/aromatic N) is 4. The van der Waals surface area contributed by atoms with Crippen molar-refractivity contribution < 1.29 is 0 Å². The number of hydrogen-bond donors (Lipinski definition) is 0. The van der Waals surface area contributed by atoms with Crippen molar-refractivity contribution in [3.05, 3.63) is 47.4 Å². The molecule has 3 heterocycles. The van der Waals surface area contributed by atoms with Gasteiger partial charge in [0.1, 0.15) is 0 Å². The molecule has 0 aliphatic carbocycles. The molecule has 0 saturated carbocycles. The van der Waals surface area contributed by atoms with Crippen LogP contribution >= 0.6 is 11.6 Å². The highest BCUT2D eigenvalue weighted by Crippen LogP contribution is 2.20. The Balaban J connectivity index is 2.22. The van der Waals surface area contributed by atoms with E-state index >= 15 is 0 Å². The fourth-order valence-electron chi connectivity index (χ4n) is 1.67. The van der Waals surface area contributed by atoms with Crippen LogP contribution in [0.25, 0.3) is 17.0 Å². The number of aryl methyl sites for hydroxylation is 1. The zero-order valence-electron chi connectivity index (χ0n) is 9.13. The van der Waals surface area contributed by atoms with E-state index in [9.17, 15) is 0 Å². The minimum Gasteiger partial charge on any atom is -0.264 e. The number of rotatable bonds is 1. The van der Waals surface area contributed by atoms with E-state index in [-0.39, 0.29) is 0 Å². The first-order valence-electron chi connectivity index (χ1n) is 5.17. The highest BCUT2D eigenvalue weighted by molar-refractivity contribution is 6.30. The van der Waals surface area contributed by atoms with Crippen LogP contribution in [0.15, 0.2) is 36.8 Å². The Bertz CT molecular complexity index is 690. The van der Waals surface area contributed by atoms with E-state index in [0.29, 0.717) is 10.8 Å². The molecule has 5 heteroatoms. The Hall–Kier alpha value is -1.94. The predicted molar refractivity (Wildman–Crippen MR) is 66.0 cm³/mol. The summed E-state index contributed by atoms with van der Waals surface area (Å²) in [6.45, 7) is 2.01. The maximum atomic E-state index is 5.91. The Kier molecular flexibility index (Phi) is 2.30. The number of hydrogen-bond acceptors (Lipinski definition) is 3. The van der Waals surface area contributed by atoms with Crippen molar-refractivity contribution in [3.8, 4) is 11.4 Å². The molecule has 0 aromatic carbocycles. The maximum Gasteiger partial charge on any atom is 0.183 e. The van der Waals surface area contributed by atoms with Crippen molar-refractivity contribution in [2.45, 2.75) is 6.92 Å². The summed E-state index contributed by atoms with van der Waals surface area (Å²) in [7, 11) is 0. The molecule has 3 rings (SSSR count). The molecule has 0 amide bonds. The lowest BCUT2D eigenvalue weighted by Gasteiger charge is -1.97. The van der Waals surface area contributed by atoms with Gasteiger partial charge in [0.25, 0.3) is 0 Å². The molecular weight excluding hydrogens is 236 g/mol. The van der Waals surface area contributed by atoms with Gasteiger partial charge in [0.15, 0.2) is 11.5 Å². The van der Waals surface area contributed by atoms with Gasteiger partial charge in [-0.2, -0.15) is 0 Å². The molecule has 0 unspecified atom stereocenters. The molecule has 0 fully saturated rings. The first-order chi connectivity index (χ1) is 8.24. The van der Waals surface area contributed by atoms with Crippen LogP contribution in [0, 0.1) is 6.92 Å². The summed E-state index contributed by atoms with van der Waals surface area (Å²) in [6, 6.07) is 5.50. The number of fused-ring (bicyclic) bond motifs is 1. The minimum atomic E-state index is 0.652. The van der Waals surface area contributed by atoms with E-state index in [1.807, 2.05) is 13.0 Å². The van der Waals surface area contributed by atoms with Gasteiger partial charge >= 0.3 is 0 Å². The molecule has 0 aliphatic heterocycles. The van der Waals surface area contributed by atoms with Crippen LogP contribution in [0.1, 0.15) is 5.56 Å². The van der Waals surface area contributed by atoms with Gasteiger partial charge < -0.3 is 0 Å². The molecule has 0 N–H and O–H groups in total. The fourth-order valence-corrected chi connectivity index (χ4v) is 1.82. The van der Waals surface area contributed by atoms with Crippen molar-refractivity contribution in [1.82, 2.24) is 19.6 Å². The Morgan fingerprint density at radius 3 is 3.00 bits per heavy atom. The van der Waals surface area contributed by atoms with Crippen LogP contribution in [0.2, 0.25) is 5.02 Å². The third-order valence-corrected chi connectivity index (χ3v) is 2.81. The highest BCUT2D eigenvalue weighted by Gasteiger charge is 2.08. The highest BCUT2D eigenvalue weighted by atomic mass is 35.5. The second kappa shape index (κ2) is 3.82. The minimum absolute atomic E-state index is 0.652. The molecule has 84 valence electrons. The van der Waals surface area contributed by atoms with Crippen LogP contribution in [0.3, 0.4) is 0 Å². The first kappa shape index (κ1) is 10.2. The van der Waals surface area contributed by atoms with Crippen LogP contribution in [0.5, 0.6) is 0 Å². The molecule has 0 bridgehead atoms. The van der Waals surface area contributed by atoms with Crippen molar-refractivity contribution in [2.24, 2.45) is 0 Å². The number of pyridine rings is 2. The van der Waals surface area contributed by atoms with Gasteiger partial charge in [0.05, 0.1) is 0 Å². The van der Waals surface area contributed by atoms with Gasteiger partial charge in [0, 0.05) is 35.2 Å². The van der Waals surface area contributed by atoms with E-state index in [4.69, 9.17) is 11.6 Å². The largest absolute Gasteiger partial charge is 0.264 e. The topological polar surface area (TPSA) is 43.1 Å². The van der Waals surface area contributed by atoms with Crippen LogP contribution in [-0.4, -0.2) is 19.6 Å². The molecule has 0 radical (unpaired) electrons. The number of aromatic nitrogens is 4. The predicted octanol–water partition coefficient (Wildman–Crippen LogP) is 2.75. The smallest absolute Gasteiger partial charge is 0.183 e. The second-order valence-corrected chi connectivity index (χ2v) is 4.21. The summed E-state index contributed by atoms with van der Waals surface area (Å²) in [6.07, 6.45) is 5.32. The summed E-state index contributed by atoms with van der Waals surface area (Å²) in [4.78, 5) is 8.53. The van der Waals surface area contributed by atoms with Crippen molar-refractivity contribution in [3.63, 3.8) is 0 Å². The lowest BCUT2D eigenvalue weighted by atomic mass is 10.1. The SMILES string of the molecule is Cc1ccncc1-c1nc2cc(Cl)ccn2n1. The van der Waals surface area contributed by atoms with Gasteiger partial charge in [-0.1, -0.05) is 11.6 Å². The van der Waals surface area contributed by atoms with E-state index in [0.717, 1.165) is 16.8 Å². The van der Waals surface area contributed by atoms with Gasteiger partial charge in [0.2, 0.25) is 0 Å². The molecule has 17 heavy (non-hydrogen) atoms. The van der Waals surface area contributed by atoms with Gasteiger partial charge in [-0.3, -0.25) is 4.98 Å². The maximum absolute atomic E-state index is 5.91. The van der Waals surface area contributed by atoms with Gasteiger partial charge in [-0.15, -0.1) is 5.10 Å². The van der Waals surface area contributed by atoms with E-state index in [2.05, 4.69) is 15.1 Å². The van der Waals surface area contributed by atoms with Gasteiger partial charge in [-0.05, 0) is 24.6 Å². The normalized spacial score (nSPS) is 10.9. The summed E-state index contributed by atoms with van der Waals surface area (Å²) >= 11 is 5.91. The zero-order chi connectivity index (χ0) is 11.8. The fraction of sp³-hybridized carbons (Fsp3) is 0.0833. The monoisotopic (exact) mass is 244 g/mol. The van der Waals surface area contributed by atoms with E-state index in [1.54, 1.807) is 35.2 Å². The Labute approximate surface area is 103 Å². The third-order valence-electron chi connectivity index (χ3n) is 2.58. The summed E-state index contributed by atoms with van der Waals surface area (Å²) in [5.74, 6) is 0.665.